The highest BCUT2D eigenvalue weighted by Gasteiger charge is 2.10. The summed E-state index contributed by atoms with van der Waals surface area (Å²) in [6.45, 7) is 0.441. The molecule has 92 valence electrons. The van der Waals surface area contributed by atoms with Gasteiger partial charge in [0.25, 0.3) is 0 Å². The molecule has 0 saturated heterocycles. The Morgan fingerprint density at radius 3 is 2.94 bits per heavy atom. The number of H-pyrrole nitrogens is 1. The van der Waals surface area contributed by atoms with Crippen LogP contribution in [0.5, 0.6) is 5.88 Å². The summed E-state index contributed by atoms with van der Waals surface area (Å²) in [5, 5.41) is 2.81. The smallest absolute Gasteiger partial charge is 0.215 e. The molecule has 0 atom stereocenters. The van der Waals surface area contributed by atoms with E-state index in [9.17, 15) is 0 Å². The number of rotatable bonds is 3. The molecule has 6 nitrogen and oxygen atoms in total. The average molecular weight is 261 g/mol. The standard InChI is InChI=1S/C11H11N5OS/c1-17-8-3-2-6-10(15-8)16-11(14-6)7-5-18-9(4-12)13-7/h2-3,5H,4,12H2,1H3,(H,14,15,16). The van der Waals surface area contributed by atoms with Crippen LogP contribution in [0.25, 0.3) is 22.7 Å². The normalized spacial score (nSPS) is 11.0. The molecular weight excluding hydrogens is 250 g/mol. The molecule has 0 aliphatic rings. The van der Waals surface area contributed by atoms with E-state index in [1.807, 2.05) is 11.4 Å². The van der Waals surface area contributed by atoms with Gasteiger partial charge in [-0.1, -0.05) is 0 Å². The first-order valence-corrected chi connectivity index (χ1v) is 6.23. The lowest BCUT2D eigenvalue weighted by Crippen LogP contribution is -1.94. The molecule has 0 aliphatic carbocycles. The van der Waals surface area contributed by atoms with Crippen molar-refractivity contribution in [3.05, 3.63) is 22.5 Å². The lowest BCUT2D eigenvalue weighted by atomic mass is 10.4. The van der Waals surface area contributed by atoms with E-state index >= 15 is 0 Å². The minimum absolute atomic E-state index is 0.441. The third-order valence-electron chi connectivity index (χ3n) is 2.50. The third-order valence-corrected chi connectivity index (χ3v) is 3.37. The molecule has 0 amide bonds. The van der Waals surface area contributed by atoms with Gasteiger partial charge in [-0.05, 0) is 6.07 Å². The van der Waals surface area contributed by atoms with Crippen molar-refractivity contribution >= 4 is 22.5 Å². The number of pyridine rings is 1. The van der Waals surface area contributed by atoms with Gasteiger partial charge in [-0.2, -0.15) is 4.98 Å². The third kappa shape index (κ3) is 1.83. The Balaban J connectivity index is 2.07. The molecule has 3 N–H and O–H groups in total. The predicted octanol–water partition coefficient (Wildman–Crippen LogP) is 1.55. The fraction of sp³-hybridized carbons (Fsp3) is 0.182. The zero-order valence-corrected chi connectivity index (χ0v) is 10.5. The van der Waals surface area contributed by atoms with E-state index < -0.39 is 0 Å². The van der Waals surface area contributed by atoms with E-state index in [0.717, 1.165) is 16.2 Å². The predicted molar refractivity (Wildman–Crippen MR) is 69.4 cm³/mol. The van der Waals surface area contributed by atoms with Crippen molar-refractivity contribution in [2.24, 2.45) is 5.73 Å². The summed E-state index contributed by atoms with van der Waals surface area (Å²) in [6.07, 6.45) is 0. The number of ether oxygens (including phenoxy) is 1. The van der Waals surface area contributed by atoms with Gasteiger partial charge in [-0.15, -0.1) is 11.3 Å². The van der Waals surface area contributed by atoms with Gasteiger partial charge < -0.3 is 15.5 Å². The van der Waals surface area contributed by atoms with Crippen LogP contribution in [0, 0.1) is 0 Å². The van der Waals surface area contributed by atoms with Crippen molar-refractivity contribution < 1.29 is 4.74 Å². The second-order valence-electron chi connectivity index (χ2n) is 3.64. The molecule has 7 heteroatoms. The first-order chi connectivity index (χ1) is 8.80. The van der Waals surface area contributed by atoms with Gasteiger partial charge in [0.1, 0.15) is 10.7 Å². The highest BCUT2D eigenvalue weighted by Crippen LogP contribution is 2.22. The maximum atomic E-state index is 5.54. The van der Waals surface area contributed by atoms with Crippen LogP contribution in [-0.2, 0) is 6.54 Å². The van der Waals surface area contributed by atoms with E-state index in [1.165, 1.54) is 11.3 Å². The van der Waals surface area contributed by atoms with Crippen molar-refractivity contribution in [2.45, 2.75) is 6.54 Å². The minimum atomic E-state index is 0.441. The second-order valence-corrected chi connectivity index (χ2v) is 4.58. The van der Waals surface area contributed by atoms with Gasteiger partial charge in [0, 0.05) is 18.0 Å². The number of aromatic amines is 1. The SMILES string of the molecule is COc1ccc2[nH]c(-c3csc(CN)n3)nc2n1. The molecule has 0 unspecified atom stereocenters. The number of nitrogens with two attached hydrogens (primary N) is 1. The summed E-state index contributed by atoms with van der Waals surface area (Å²) in [6, 6.07) is 3.67. The molecule has 0 fully saturated rings. The van der Waals surface area contributed by atoms with Crippen LogP contribution in [0.4, 0.5) is 0 Å². The summed E-state index contributed by atoms with van der Waals surface area (Å²) < 4.78 is 5.06. The number of thiazole rings is 1. The average Bonchev–Trinajstić information content (AvgIpc) is 3.03. The summed E-state index contributed by atoms with van der Waals surface area (Å²) in [7, 11) is 1.58. The number of fused-ring (bicyclic) bond motifs is 1. The summed E-state index contributed by atoms with van der Waals surface area (Å²) >= 11 is 1.52. The lowest BCUT2D eigenvalue weighted by Gasteiger charge is -1.95. The van der Waals surface area contributed by atoms with Crippen molar-refractivity contribution in [2.75, 3.05) is 7.11 Å². The topological polar surface area (TPSA) is 89.7 Å². The fourth-order valence-corrected chi connectivity index (χ4v) is 2.28. The van der Waals surface area contributed by atoms with Crippen molar-refractivity contribution in [1.29, 1.82) is 0 Å². The van der Waals surface area contributed by atoms with Gasteiger partial charge in [-0.3, -0.25) is 0 Å². The largest absolute Gasteiger partial charge is 0.481 e. The van der Waals surface area contributed by atoms with Crippen molar-refractivity contribution in [3.63, 3.8) is 0 Å². The van der Waals surface area contributed by atoms with E-state index in [-0.39, 0.29) is 0 Å². The van der Waals surface area contributed by atoms with Crippen LogP contribution in [0.15, 0.2) is 17.5 Å². The Morgan fingerprint density at radius 2 is 2.22 bits per heavy atom. The minimum Gasteiger partial charge on any atom is -0.481 e. The molecule has 3 aromatic rings. The molecule has 3 rings (SSSR count). The van der Waals surface area contributed by atoms with Gasteiger partial charge in [0.15, 0.2) is 11.5 Å². The number of methoxy groups -OCH3 is 1. The quantitative estimate of drug-likeness (QED) is 0.746. The van der Waals surface area contributed by atoms with Crippen molar-refractivity contribution in [1.82, 2.24) is 19.9 Å². The molecule has 0 bridgehead atoms. The Hall–Kier alpha value is -1.99. The van der Waals surface area contributed by atoms with Gasteiger partial charge in [0.2, 0.25) is 5.88 Å². The maximum absolute atomic E-state index is 5.54. The molecule has 3 aromatic heterocycles. The van der Waals surface area contributed by atoms with Crippen LogP contribution in [0.1, 0.15) is 5.01 Å². The molecule has 3 heterocycles. The molecule has 0 aromatic carbocycles. The molecule has 0 spiro atoms. The summed E-state index contributed by atoms with van der Waals surface area (Å²) in [5.74, 6) is 1.24. The number of nitrogens with one attached hydrogen (secondary N) is 1. The Morgan fingerprint density at radius 1 is 1.33 bits per heavy atom. The first-order valence-electron chi connectivity index (χ1n) is 5.36. The Kier molecular flexibility index (Phi) is 2.69. The molecule has 18 heavy (non-hydrogen) atoms. The van der Waals surface area contributed by atoms with Gasteiger partial charge in [0.05, 0.1) is 12.6 Å². The second kappa shape index (κ2) is 4.35. The summed E-state index contributed by atoms with van der Waals surface area (Å²) in [4.78, 5) is 16.2. The number of nitrogens with zero attached hydrogens (tertiary/aromatic N) is 3. The van der Waals surface area contributed by atoms with E-state index in [4.69, 9.17) is 10.5 Å². The monoisotopic (exact) mass is 261 g/mol. The van der Waals surface area contributed by atoms with Crippen LogP contribution in [0.3, 0.4) is 0 Å². The number of imidazole rings is 1. The van der Waals surface area contributed by atoms with E-state index in [0.29, 0.717) is 23.9 Å². The maximum Gasteiger partial charge on any atom is 0.215 e. The lowest BCUT2D eigenvalue weighted by molar-refractivity contribution is 0.399. The zero-order valence-electron chi connectivity index (χ0n) is 9.67. The highest BCUT2D eigenvalue weighted by molar-refractivity contribution is 7.09. The molecule has 0 aliphatic heterocycles. The number of hydrogen-bond acceptors (Lipinski definition) is 6. The van der Waals surface area contributed by atoms with E-state index in [1.54, 1.807) is 13.2 Å². The zero-order chi connectivity index (χ0) is 12.5. The van der Waals surface area contributed by atoms with Gasteiger partial charge in [-0.25, -0.2) is 9.97 Å². The van der Waals surface area contributed by atoms with E-state index in [2.05, 4.69) is 19.9 Å². The molecular formula is C11H11N5OS. The molecule has 0 radical (unpaired) electrons. The fourth-order valence-electron chi connectivity index (χ4n) is 1.62. The van der Waals surface area contributed by atoms with Gasteiger partial charge >= 0.3 is 0 Å². The number of hydrogen-bond donors (Lipinski definition) is 2. The summed E-state index contributed by atoms with van der Waals surface area (Å²) in [5.41, 5.74) is 7.80. The van der Waals surface area contributed by atoms with Crippen LogP contribution in [0.2, 0.25) is 0 Å². The van der Waals surface area contributed by atoms with Crippen molar-refractivity contribution in [3.8, 4) is 17.4 Å². The highest BCUT2D eigenvalue weighted by atomic mass is 32.1. The van der Waals surface area contributed by atoms with Crippen LogP contribution >= 0.6 is 11.3 Å². The van der Waals surface area contributed by atoms with Crippen LogP contribution in [-0.4, -0.2) is 27.0 Å². The van der Waals surface area contributed by atoms with Crippen LogP contribution < -0.4 is 10.5 Å². The Labute approximate surface area is 107 Å². The molecule has 0 saturated carbocycles. The first kappa shape index (κ1) is 11.1. The number of aromatic nitrogens is 4. The Bertz CT molecular complexity index is 690.